The number of carbonyl (C=O) groups is 1. The minimum Gasteiger partial charge on any atom is -0.459 e. The van der Waals surface area contributed by atoms with Gasteiger partial charge in [0.2, 0.25) is 0 Å². The molecule has 1 aromatic heterocycles. The van der Waals surface area contributed by atoms with Gasteiger partial charge in [-0.1, -0.05) is 59.6 Å². The molecular weight excluding hydrogens is 363 g/mol. The molecule has 2 aromatic carbocycles. The molecule has 0 fully saturated rings. The van der Waals surface area contributed by atoms with Gasteiger partial charge in [-0.2, -0.15) is 0 Å². The van der Waals surface area contributed by atoms with Crippen LogP contribution in [-0.2, 0) is 22.6 Å². The molecule has 0 bridgehead atoms. The second-order valence-electron chi connectivity index (χ2n) is 5.34. The molecule has 0 N–H and O–H groups in total. The summed E-state index contributed by atoms with van der Waals surface area (Å²) in [5.74, 6) is -0.442. The molecule has 0 unspecified atom stereocenters. The van der Waals surface area contributed by atoms with E-state index in [-0.39, 0.29) is 6.61 Å². The van der Waals surface area contributed by atoms with Crippen molar-refractivity contribution in [2.45, 2.75) is 19.1 Å². The Labute approximate surface area is 154 Å². The van der Waals surface area contributed by atoms with Crippen LogP contribution in [-0.4, -0.2) is 26.2 Å². The van der Waals surface area contributed by atoms with Gasteiger partial charge in [-0.15, -0.1) is 5.10 Å². The predicted molar refractivity (Wildman–Crippen MR) is 93.3 cm³/mol. The molecule has 0 spiro atoms. The lowest BCUT2D eigenvalue weighted by molar-refractivity contribution is -0.149. The van der Waals surface area contributed by atoms with Crippen LogP contribution < -0.4 is 0 Å². The summed E-state index contributed by atoms with van der Waals surface area (Å²) in [6.07, 6.45) is 1.81. The lowest BCUT2D eigenvalue weighted by Crippen LogP contribution is -2.24. The smallest absolute Gasteiger partial charge is 0.331 e. The zero-order valence-electron chi connectivity index (χ0n) is 13.0. The standard InChI is InChI=1S/C17H14Cl2N4O2/c18-14-7-6-13(15(19)9-14)10-25-17(24)16(23-11-20-21-22-23)8-12-4-2-1-3-5-12/h1-7,9,11,16H,8,10H2/t16-/m0/s1. The summed E-state index contributed by atoms with van der Waals surface area (Å²) in [6.45, 7) is 0.0439. The second-order valence-corrected chi connectivity index (χ2v) is 6.18. The Bertz CT molecular complexity index is 841. The summed E-state index contributed by atoms with van der Waals surface area (Å²) >= 11 is 12.0. The Morgan fingerprint density at radius 1 is 1.16 bits per heavy atom. The maximum atomic E-state index is 12.6. The van der Waals surface area contributed by atoms with E-state index in [1.165, 1.54) is 11.0 Å². The largest absolute Gasteiger partial charge is 0.459 e. The van der Waals surface area contributed by atoms with Crippen molar-refractivity contribution in [1.29, 1.82) is 0 Å². The lowest BCUT2D eigenvalue weighted by Gasteiger charge is -2.16. The maximum absolute atomic E-state index is 12.6. The van der Waals surface area contributed by atoms with E-state index in [4.69, 9.17) is 27.9 Å². The first-order valence-electron chi connectivity index (χ1n) is 7.50. The first kappa shape index (κ1) is 17.4. The van der Waals surface area contributed by atoms with Gasteiger partial charge < -0.3 is 4.74 Å². The predicted octanol–water partition coefficient (Wildman–Crippen LogP) is 3.51. The number of tetrazole rings is 1. The van der Waals surface area contributed by atoms with E-state index < -0.39 is 12.0 Å². The third kappa shape index (κ3) is 4.55. The van der Waals surface area contributed by atoms with Crippen molar-refractivity contribution in [3.63, 3.8) is 0 Å². The molecule has 1 heterocycles. The maximum Gasteiger partial charge on any atom is 0.331 e. The van der Waals surface area contributed by atoms with Crippen molar-refractivity contribution in [2.24, 2.45) is 0 Å². The number of carbonyl (C=O) groups excluding carboxylic acids is 1. The number of hydrogen-bond donors (Lipinski definition) is 0. The van der Waals surface area contributed by atoms with Crippen molar-refractivity contribution >= 4 is 29.2 Å². The molecule has 0 aliphatic carbocycles. The average molecular weight is 377 g/mol. The first-order chi connectivity index (χ1) is 12.1. The van der Waals surface area contributed by atoms with Crippen molar-refractivity contribution in [3.8, 4) is 0 Å². The van der Waals surface area contributed by atoms with Gasteiger partial charge in [0, 0.05) is 22.0 Å². The molecule has 128 valence electrons. The van der Waals surface area contributed by atoms with Gasteiger partial charge in [0.25, 0.3) is 0 Å². The van der Waals surface area contributed by atoms with Crippen LogP contribution in [0.25, 0.3) is 0 Å². The Balaban J connectivity index is 1.73. The third-order valence-electron chi connectivity index (χ3n) is 3.61. The molecule has 3 aromatic rings. The lowest BCUT2D eigenvalue weighted by atomic mass is 10.1. The highest BCUT2D eigenvalue weighted by Gasteiger charge is 2.24. The highest BCUT2D eigenvalue weighted by atomic mass is 35.5. The van der Waals surface area contributed by atoms with Crippen molar-refractivity contribution in [2.75, 3.05) is 0 Å². The van der Waals surface area contributed by atoms with Crippen LogP contribution in [0.1, 0.15) is 17.2 Å². The number of halogens is 2. The van der Waals surface area contributed by atoms with Gasteiger partial charge in [-0.3, -0.25) is 0 Å². The van der Waals surface area contributed by atoms with Crippen LogP contribution >= 0.6 is 23.2 Å². The van der Waals surface area contributed by atoms with Gasteiger partial charge in [0.1, 0.15) is 12.9 Å². The molecule has 0 aliphatic rings. The zero-order chi connectivity index (χ0) is 17.6. The van der Waals surface area contributed by atoms with Gasteiger partial charge in [-0.25, -0.2) is 9.48 Å². The number of esters is 1. The van der Waals surface area contributed by atoms with Crippen LogP contribution in [0.4, 0.5) is 0 Å². The molecular formula is C17H14Cl2N4O2. The van der Waals surface area contributed by atoms with Gasteiger partial charge >= 0.3 is 5.97 Å². The van der Waals surface area contributed by atoms with E-state index in [0.717, 1.165) is 5.56 Å². The summed E-state index contributed by atoms with van der Waals surface area (Å²) in [5, 5.41) is 12.0. The number of aromatic nitrogens is 4. The molecule has 0 saturated carbocycles. The Kier molecular flexibility index (Phi) is 5.63. The van der Waals surface area contributed by atoms with Crippen LogP contribution in [0.2, 0.25) is 10.0 Å². The van der Waals surface area contributed by atoms with E-state index in [0.29, 0.717) is 22.0 Å². The van der Waals surface area contributed by atoms with Crippen LogP contribution in [0.5, 0.6) is 0 Å². The zero-order valence-corrected chi connectivity index (χ0v) is 14.6. The Morgan fingerprint density at radius 2 is 1.96 bits per heavy atom. The normalized spacial score (nSPS) is 11.9. The van der Waals surface area contributed by atoms with Crippen molar-refractivity contribution in [3.05, 3.63) is 76.0 Å². The summed E-state index contributed by atoms with van der Waals surface area (Å²) in [6, 6.07) is 14.0. The van der Waals surface area contributed by atoms with E-state index in [1.54, 1.807) is 18.2 Å². The van der Waals surface area contributed by atoms with Crippen LogP contribution in [0.15, 0.2) is 54.9 Å². The van der Waals surface area contributed by atoms with Gasteiger partial charge in [0.15, 0.2) is 6.04 Å². The Hall–Kier alpha value is -2.44. The molecule has 1 atom stereocenters. The molecule has 6 nitrogen and oxygen atoms in total. The number of rotatable bonds is 6. The van der Waals surface area contributed by atoms with E-state index in [2.05, 4.69) is 15.5 Å². The number of ether oxygens (including phenoxy) is 1. The highest BCUT2D eigenvalue weighted by Crippen LogP contribution is 2.22. The molecule has 0 amide bonds. The molecule has 3 rings (SSSR count). The minimum atomic E-state index is -0.663. The van der Waals surface area contributed by atoms with Gasteiger partial charge in [-0.05, 0) is 28.1 Å². The number of benzene rings is 2. The number of nitrogens with zero attached hydrogens (tertiary/aromatic N) is 4. The fourth-order valence-corrected chi connectivity index (χ4v) is 2.78. The first-order valence-corrected chi connectivity index (χ1v) is 8.26. The summed E-state index contributed by atoms with van der Waals surface area (Å²) in [7, 11) is 0. The number of hydrogen-bond acceptors (Lipinski definition) is 5. The topological polar surface area (TPSA) is 69.9 Å². The molecule has 0 aliphatic heterocycles. The quantitative estimate of drug-likeness (QED) is 0.615. The monoisotopic (exact) mass is 376 g/mol. The minimum absolute atomic E-state index is 0.0439. The SMILES string of the molecule is O=C(OCc1ccc(Cl)cc1Cl)[C@H](Cc1ccccc1)n1cnnn1. The van der Waals surface area contributed by atoms with E-state index in [1.807, 2.05) is 30.3 Å². The summed E-state index contributed by atoms with van der Waals surface area (Å²) in [4.78, 5) is 12.6. The fraction of sp³-hybridized carbons (Fsp3) is 0.176. The Morgan fingerprint density at radius 3 is 2.64 bits per heavy atom. The van der Waals surface area contributed by atoms with Gasteiger partial charge in [0.05, 0.1) is 0 Å². The van der Waals surface area contributed by atoms with Crippen LogP contribution in [0.3, 0.4) is 0 Å². The van der Waals surface area contributed by atoms with E-state index in [9.17, 15) is 4.79 Å². The molecule has 8 heteroatoms. The van der Waals surface area contributed by atoms with E-state index >= 15 is 0 Å². The highest BCUT2D eigenvalue weighted by molar-refractivity contribution is 6.35. The van der Waals surface area contributed by atoms with Crippen LogP contribution in [0, 0.1) is 0 Å². The summed E-state index contributed by atoms with van der Waals surface area (Å²) < 4.78 is 6.81. The fourth-order valence-electron chi connectivity index (χ4n) is 2.32. The second kappa shape index (κ2) is 8.09. The van der Waals surface area contributed by atoms with Crippen molar-refractivity contribution < 1.29 is 9.53 Å². The summed E-state index contributed by atoms with van der Waals surface area (Å²) in [5.41, 5.74) is 1.65. The third-order valence-corrected chi connectivity index (χ3v) is 4.20. The molecule has 0 radical (unpaired) electrons. The molecule has 0 saturated heterocycles. The molecule has 25 heavy (non-hydrogen) atoms. The average Bonchev–Trinajstić information content (AvgIpc) is 3.14. The van der Waals surface area contributed by atoms with Crippen molar-refractivity contribution in [1.82, 2.24) is 20.2 Å².